The number of amides is 1. The quantitative estimate of drug-likeness (QED) is 0.585. The molecule has 2 aliphatic rings. The van der Waals surface area contributed by atoms with E-state index in [1.54, 1.807) is 25.1 Å². The molecule has 126 valence electrons. The summed E-state index contributed by atoms with van der Waals surface area (Å²) >= 11 is 0. The number of carbonyl (C=O) groups excluding carboxylic acids is 1. The lowest BCUT2D eigenvalue weighted by Crippen LogP contribution is -2.62. The summed E-state index contributed by atoms with van der Waals surface area (Å²) in [5, 5.41) is 40.4. The molecular formula is C16H21NO6. The van der Waals surface area contributed by atoms with Gasteiger partial charge < -0.3 is 25.2 Å². The summed E-state index contributed by atoms with van der Waals surface area (Å²) in [7, 11) is 0. The van der Waals surface area contributed by atoms with Crippen LogP contribution in [-0.2, 0) is 4.74 Å². The van der Waals surface area contributed by atoms with Crippen LogP contribution in [0.4, 0.5) is 0 Å². The fourth-order valence-electron chi connectivity index (χ4n) is 3.38. The van der Waals surface area contributed by atoms with Crippen molar-refractivity contribution in [2.45, 2.75) is 44.6 Å². The predicted octanol–water partition coefficient (Wildman–Crippen LogP) is -0.483. The highest BCUT2D eigenvalue weighted by Crippen LogP contribution is 2.38. The first-order valence-electron chi connectivity index (χ1n) is 7.60. The summed E-state index contributed by atoms with van der Waals surface area (Å²) in [5.74, 6) is -0.965. The van der Waals surface area contributed by atoms with Gasteiger partial charge >= 0.3 is 0 Å². The van der Waals surface area contributed by atoms with Crippen LogP contribution in [0.15, 0.2) is 18.2 Å². The maximum absolute atomic E-state index is 12.6. The fourth-order valence-corrected chi connectivity index (χ4v) is 3.38. The molecule has 4 N–H and O–H groups in total. The zero-order valence-corrected chi connectivity index (χ0v) is 13.0. The second kappa shape index (κ2) is 5.85. The number of aryl methyl sites for hydroxylation is 1. The molecule has 0 radical (unpaired) electrons. The third-order valence-electron chi connectivity index (χ3n) is 4.80. The summed E-state index contributed by atoms with van der Waals surface area (Å²) in [6.07, 6.45) is -4.61. The molecule has 2 aliphatic heterocycles. The van der Waals surface area contributed by atoms with Crippen LogP contribution in [0.1, 0.15) is 34.6 Å². The van der Waals surface area contributed by atoms with E-state index in [9.17, 15) is 25.2 Å². The van der Waals surface area contributed by atoms with Crippen molar-refractivity contribution in [2.75, 3.05) is 6.61 Å². The second-order valence-corrected chi connectivity index (χ2v) is 6.26. The van der Waals surface area contributed by atoms with Crippen molar-refractivity contribution in [3.63, 3.8) is 0 Å². The number of fused-ring (bicyclic) bond motifs is 1. The fraction of sp³-hybridized carbons (Fsp3) is 0.562. The van der Waals surface area contributed by atoms with E-state index in [2.05, 4.69) is 0 Å². The van der Waals surface area contributed by atoms with Crippen molar-refractivity contribution in [2.24, 2.45) is 5.92 Å². The number of ether oxygens (including phenoxy) is 1. The number of rotatable bonds is 2. The molecule has 0 aromatic heterocycles. The van der Waals surface area contributed by atoms with Crippen LogP contribution in [0.2, 0.25) is 0 Å². The normalized spacial score (nSPS) is 37.1. The molecule has 0 spiro atoms. The lowest BCUT2D eigenvalue weighted by molar-refractivity contribution is -0.260. The zero-order chi connectivity index (χ0) is 16.9. The molecule has 0 saturated carbocycles. The largest absolute Gasteiger partial charge is 0.394 e. The van der Waals surface area contributed by atoms with Gasteiger partial charge in [-0.05, 0) is 13.0 Å². The molecule has 0 aliphatic carbocycles. The number of carbonyl (C=O) groups is 1. The molecule has 1 fully saturated rings. The van der Waals surface area contributed by atoms with Crippen LogP contribution >= 0.6 is 0 Å². The van der Waals surface area contributed by atoms with Crippen LogP contribution in [0.5, 0.6) is 0 Å². The Balaban J connectivity index is 1.95. The molecule has 1 amide bonds. The number of aliphatic hydroxyl groups is 4. The van der Waals surface area contributed by atoms with E-state index in [4.69, 9.17) is 4.74 Å². The van der Waals surface area contributed by atoms with Gasteiger partial charge in [0.05, 0.1) is 18.8 Å². The highest BCUT2D eigenvalue weighted by molar-refractivity contribution is 5.99. The summed E-state index contributed by atoms with van der Waals surface area (Å²) < 4.78 is 5.30. The predicted molar refractivity (Wildman–Crippen MR) is 79.2 cm³/mol. The maximum atomic E-state index is 12.6. The van der Waals surface area contributed by atoms with E-state index in [0.717, 1.165) is 10.5 Å². The minimum absolute atomic E-state index is 0.347. The van der Waals surface area contributed by atoms with Gasteiger partial charge in [-0.2, -0.15) is 0 Å². The van der Waals surface area contributed by atoms with E-state index in [-0.39, 0.29) is 6.61 Å². The van der Waals surface area contributed by atoms with Gasteiger partial charge in [0.25, 0.3) is 5.91 Å². The first-order chi connectivity index (χ1) is 10.9. The van der Waals surface area contributed by atoms with Crippen LogP contribution in [0.25, 0.3) is 0 Å². The number of benzene rings is 1. The molecule has 1 aromatic rings. The van der Waals surface area contributed by atoms with Crippen molar-refractivity contribution in [1.82, 2.24) is 4.90 Å². The summed E-state index contributed by atoms with van der Waals surface area (Å²) in [4.78, 5) is 13.7. The van der Waals surface area contributed by atoms with Crippen molar-refractivity contribution >= 4 is 5.91 Å². The minimum atomic E-state index is -1.49. The van der Waals surface area contributed by atoms with Gasteiger partial charge in [0.15, 0.2) is 12.5 Å². The van der Waals surface area contributed by atoms with Crippen LogP contribution in [0, 0.1) is 12.8 Å². The Morgan fingerprint density at radius 1 is 1.26 bits per heavy atom. The van der Waals surface area contributed by atoms with Gasteiger partial charge in [-0.1, -0.05) is 24.6 Å². The molecular weight excluding hydrogens is 302 g/mol. The molecule has 1 aromatic carbocycles. The minimum Gasteiger partial charge on any atom is -0.394 e. The Labute approximate surface area is 133 Å². The Morgan fingerprint density at radius 2 is 1.96 bits per heavy atom. The summed E-state index contributed by atoms with van der Waals surface area (Å²) in [6.45, 7) is 3.16. The average molecular weight is 323 g/mol. The Morgan fingerprint density at radius 3 is 2.61 bits per heavy atom. The molecule has 6 atom stereocenters. The smallest absolute Gasteiger partial charge is 0.257 e. The summed E-state index contributed by atoms with van der Waals surface area (Å²) in [5.41, 5.74) is 1.69. The maximum Gasteiger partial charge on any atom is 0.257 e. The van der Waals surface area contributed by atoms with Crippen molar-refractivity contribution in [1.29, 1.82) is 0 Å². The van der Waals surface area contributed by atoms with Gasteiger partial charge in [-0.3, -0.25) is 9.69 Å². The lowest BCUT2D eigenvalue weighted by atomic mass is 9.88. The van der Waals surface area contributed by atoms with Crippen LogP contribution in [-0.4, -0.2) is 62.4 Å². The molecule has 1 saturated heterocycles. The van der Waals surface area contributed by atoms with Crippen molar-refractivity contribution in [3.05, 3.63) is 34.9 Å². The molecule has 7 heteroatoms. The molecule has 3 unspecified atom stereocenters. The highest BCUT2D eigenvalue weighted by Gasteiger charge is 2.51. The Bertz CT molecular complexity index is 621. The van der Waals surface area contributed by atoms with E-state index in [1.165, 1.54) is 0 Å². The zero-order valence-electron chi connectivity index (χ0n) is 13.0. The monoisotopic (exact) mass is 323 g/mol. The second-order valence-electron chi connectivity index (χ2n) is 6.26. The number of aliphatic hydroxyl groups excluding tert-OH is 4. The SMILES string of the molecule is Cc1ccc2c(c1)C(O)N([C@H]1C(O)[C@H](C)C(CO)O[C@H]1O)C2=O. The van der Waals surface area contributed by atoms with Crippen LogP contribution in [0.3, 0.4) is 0 Å². The molecule has 7 nitrogen and oxygen atoms in total. The van der Waals surface area contributed by atoms with E-state index in [1.807, 2.05) is 6.92 Å². The molecule has 3 rings (SSSR count). The van der Waals surface area contributed by atoms with E-state index in [0.29, 0.717) is 11.1 Å². The Hall–Kier alpha value is -1.51. The van der Waals surface area contributed by atoms with E-state index < -0.39 is 42.6 Å². The van der Waals surface area contributed by atoms with Crippen molar-refractivity contribution < 1.29 is 30.0 Å². The van der Waals surface area contributed by atoms with Crippen LogP contribution < -0.4 is 0 Å². The lowest BCUT2D eigenvalue weighted by Gasteiger charge is -2.45. The van der Waals surface area contributed by atoms with Crippen molar-refractivity contribution in [3.8, 4) is 0 Å². The summed E-state index contributed by atoms with van der Waals surface area (Å²) in [6, 6.07) is 3.99. The highest BCUT2D eigenvalue weighted by atomic mass is 16.6. The first kappa shape index (κ1) is 16.4. The molecule has 23 heavy (non-hydrogen) atoms. The van der Waals surface area contributed by atoms with Gasteiger partial charge in [-0.15, -0.1) is 0 Å². The number of hydrogen-bond acceptors (Lipinski definition) is 6. The number of hydrogen-bond donors (Lipinski definition) is 4. The molecule has 2 heterocycles. The first-order valence-corrected chi connectivity index (χ1v) is 7.60. The number of nitrogens with zero attached hydrogens (tertiary/aromatic N) is 1. The third-order valence-corrected chi connectivity index (χ3v) is 4.80. The van der Waals surface area contributed by atoms with Gasteiger partial charge in [-0.25, -0.2) is 0 Å². The average Bonchev–Trinajstić information content (AvgIpc) is 2.75. The topological polar surface area (TPSA) is 110 Å². The third kappa shape index (κ3) is 2.45. The standard InChI is InChI=1S/C16H21NO6/c1-7-3-4-9-10(5-7)15(21)17(14(9)20)12-13(19)8(2)11(6-18)23-16(12)22/h3-5,8,11-13,15-16,18-19,21-22H,6H2,1-2H3/t8-,11?,12+,13?,15?,16-/m1/s1. The van der Waals surface area contributed by atoms with Gasteiger partial charge in [0, 0.05) is 17.0 Å². The molecule has 0 bridgehead atoms. The van der Waals surface area contributed by atoms with Gasteiger partial charge in [0.1, 0.15) is 6.04 Å². The van der Waals surface area contributed by atoms with E-state index >= 15 is 0 Å². The Kier molecular flexibility index (Phi) is 4.16. The van der Waals surface area contributed by atoms with Gasteiger partial charge in [0.2, 0.25) is 0 Å².